The van der Waals surface area contributed by atoms with E-state index in [1.54, 1.807) is 6.07 Å². The number of anilines is 2. The molecular formula is C13H19FN2OS. The van der Waals surface area contributed by atoms with Crippen molar-refractivity contribution < 1.29 is 9.13 Å². The van der Waals surface area contributed by atoms with Crippen molar-refractivity contribution in [2.45, 2.75) is 24.0 Å². The Balaban J connectivity index is 2.09. The molecule has 18 heavy (non-hydrogen) atoms. The van der Waals surface area contributed by atoms with Crippen LogP contribution in [0.15, 0.2) is 12.1 Å². The molecule has 2 rings (SSSR count). The highest BCUT2D eigenvalue weighted by Gasteiger charge is 2.35. The smallest absolute Gasteiger partial charge is 0.167 e. The number of thioether (sulfide) groups is 1. The van der Waals surface area contributed by atoms with E-state index < -0.39 is 5.82 Å². The average Bonchev–Trinajstić information content (AvgIpc) is 2.30. The van der Waals surface area contributed by atoms with E-state index in [4.69, 9.17) is 10.5 Å². The van der Waals surface area contributed by atoms with Crippen LogP contribution in [0.3, 0.4) is 0 Å². The first-order valence-electron chi connectivity index (χ1n) is 6.02. The number of nitrogens with one attached hydrogen (secondary N) is 1. The molecule has 0 unspecified atom stereocenters. The van der Waals surface area contributed by atoms with Gasteiger partial charge in [0.25, 0.3) is 0 Å². The second kappa shape index (κ2) is 5.26. The van der Waals surface area contributed by atoms with E-state index in [1.165, 1.54) is 32.4 Å². The van der Waals surface area contributed by atoms with E-state index in [2.05, 4.69) is 11.6 Å². The van der Waals surface area contributed by atoms with Gasteiger partial charge in [-0.25, -0.2) is 4.39 Å². The number of ether oxygens (including phenoxy) is 1. The summed E-state index contributed by atoms with van der Waals surface area (Å²) in [4.78, 5) is 0. The van der Waals surface area contributed by atoms with Gasteiger partial charge in [-0.05, 0) is 19.1 Å². The summed E-state index contributed by atoms with van der Waals surface area (Å²) in [5.74, 6) is -0.206. The second-order valence-corrected chi connectivity index (χ2v) is 5.94. The minimum Gasteiger partial charge on any atom is -0.494 e. The van der Waals surface area contributed by atoms with E-state index in [9.17, 15) is 4.39 Å². The second-order valence-electron chi connectivity index (χ2n) is 4.67. The Hall–Kier alpha value is -1.10. The van der Waals surface area contributed by atoms with Crippen molar-refractivity contribution in [1.29, 1.82) is 0 Å². The average molecular weight is 270 g/mol. The van der Waals surface area contributed by atoms with Crippen LogP contribution in [0.1, 0.15) is 19.3 Å². The Morgan fingerprint density at radius 2 is 2.22 bits per heavy atom. The number of hydrogen-bond acceptors (Lipinski definition) is 4. The van der Waals surface area contributed by atoms with Crippen LogP contribution in [-0.2, 0) is 0 Å². The van der Waals surface area contributed by atoms with E-state index >= 15 is 0 Å². The van der Waals surface area contributed by atoms with Gasteiger partial charge in [-0.2, -0.15) is 11.8 Å². The topological polar surface area (TPSA) is 47.3 Å². The monoisotopic (exact) mass is 270 g/mol. The Bertz CT molecular complexity index is 430. The third kappa shape index (κ3) is 2.51. The molecule has 0 spiro atoms. The lowest BCUT2D eigenvalue weighted by atomic mass is 9.84. The third-order valence-electron chi connectivity index (χ3n) is 3.62. The molecule has 0 aromatic heterocycles. The fourth-order valence-electron chi connectivity index (χ4n) is 2.16. The van der Waals surface area contributed by atoms with Crippen LogP contribution < -0.4 is 15.8 Å². The van der Waals surface area contributed by atoms with Gasteiger partial charge in [-0.3, -0.25) is 0 Å². The lowest BCUT2D eigenvalue weighted by molar-refractivity contribution is 0.379. The Morgan fingerprint density at radius 3 is 2.72 bits per heavy atom. The molecule has 0 atom stereocenters. The molecule has 1 aliphatic rings. The zero-order valence-electron chi connectivity index (χ0n) is 10.8. The summed E-state index contributed by atoms with van der Waals surface area (Å²) in [6.45, 7) is 0.854. The van der Waals surface area contributed by atoms with Crippen LogP contribution in [0.2, 0.25) is 0 Å². The summed E-state index contributed by atoms with van der Waals surface area (Å²) >= 11 is 1.89. The molecule has 1 aromatic carbocycles. The van der Waals surface area contributed by atoms with Gasteiger partial charge >= 0.3 is 0 Å². The van der Waals surface area contributed by atoms with Crippen molar-refractivity contribution in [2.24, 2.45) is 0 Å². The van der Waals surface area contributed by atoms with Crippen molar-refractivity contribution in [1.82, 2.24) is 0 Å². The Morgan fingerprint density at radius 1 is 1.50 bits per heavy atom. The normalized spacial score (nSPS) is 17.1. The van der Waals surface area contributed by atoms with Crippen molar-refractivity contribution in [2.75, 3.05) is 31.0 Å². The SMILES string of the molecule is COc1cc(NCC2(SC)CCC2)c(N)cc1F. The molecule has 5 heteroatoms. The van der Waals surface area contributed by atoms with Crippen LogP contribution in [0.25, 0.3) is 0 Å². The van der Waals surface area contributed by atoms with Crippen molar-refractivity contribution in [3.05, 3.63) is 17.9 Å². The fourth-order valence-corrected chi connectivity index (χ4v) is 3.07. The number of benzene rings is 1. The number of halogens is 1. The number of nitrogens with two attached hydrogens (primary N) is 1. The molecule has 0 aliphatic heterocycles. The summed E-state index contributed by atoms with van der Waals surface area (Å²) in [6.07, 6.45) is 5.86. The molecule has 1 saturated carbocycles. The van der Waals surface area contributed by atoms with Gasteiger partial charge in [0.1, 0.15) is 0 Å². The summed E-state index contributed by atoms with van der Waals surface area (Å²) in [5.41, 5.74) is 6.97. The molecule has 3 nitrogen and oxygen atoms in total. The van der Waals surface area contributed by atoms with Crippen LogP contribution in [0.4, 0.5) is 15.8 Å². The minimum atomic E-state index is -0.427. The molecule has 3 N–H and O–H groups in total. The zero-order valence-corrected chi connectivity index (χ0v) is 11.6. The molecule has 0 heterocycles. The molecular weight excluding hydrogens is 251 g/mol. The van der Waals surface area contributed by atoms with Crippen molar-refractivity contribution in [3.63, 3.8) is 0 Å². The zero-order chi connectivity index (χ0) is 13.2. The Labute approximate surface area is 111 Å². The number of nitrogen functional groups attached to an aromatic ring is 1. The summed E-state index contributed by atoms with van der Waals surface area (Å²) < 4.78 is 18.7. The minimum absolute atomic E-state index is 0.221. The summed E-state index contributed by atoms with van der Waals surface area (Å²) in [6, 6.07) is 2.92. The van der Waals surface area contributed by atoms with E-state index in [-0.39, 0.29) is 5.75 Å². The van der Waals surface area contributed by atoms with Gasteiger partial charge in [-0.15, -0.1) is 0 Å². The van der Waals surface area contributed by atoms with E-state index in [0.717, 1.165) is 12.2 Å². The maximum atomic E-state index is 13.4. The van der Waals surface area contributed by atoms with Crippen molar-refractivity contribution >= 4 is 23.1 Å². The summed E-state index contributed by atoms with van der Waals surface area (Å²) in [5, 5.41) is 3.32. The highest BCUT2D eigenvalue weighted by Crippen LogP contribution is 2.43. The van der Waals surface area contributed by atoms with Gasteiger partial charge in [-0.1, -0.05) is 6.42 Å². The van der Waals surface area contributed by atoms with Crippen LogP contribution in [0, 0.1) is 5.82 Å². The van der Waals surface area contributed by atoms with Gasteiger partial charge in [0.2, 0.25) is 0 Å². The maximum absolute atomic E-state index is 13.4. The summed E-state index contributed by atoms with van der Waals surface area (Å²) in [7, 11) is 1.45. The van der Waals surface area contributed by atoms with E-state index in [1.807, 2.05) is 11.8 Å². The highest BCUT2D eigenvalue weighted by molar-refractivity contribution is 8.00. The van der Waals surface area contributed by atoms with Crippen LogP contribution in [-0.4, -0.2) is 24.7 Å². The highest BCUT2D eigenvalue weighted by atomic mass is 32.2. The number of rotatable bonds is 5. The lowest BCUT2D eigenvalue weighted by Crippen LogP contribution is -2.40. The maximum Gasteiger partial charge on any atom is 0.167 e. The molecule has 1 aromatic rings. The molecule has 0 amide bonds. The molecule has 1 fully saturated rings. The predicted molar refractivity (Wildman–Crippen MR) is 76.0 cm³/mol. The van der Waals surface area contributed by atoms with Gasteiger partial charge in [0.15, 0.2) is 11.6 Å². The fraction of sp³-hybridized carbons (Fsp3) is 0.538. The standard InChI is InChI=1S/C13H19FN2OS/c1-17-12-7-11(10(15)6-9(12)14)16-8-13(18-2)4-3-5-13/h6-7,16H,3-5,8,15H2,1-2H3. The predicted octanol–water partition coefficient (Wildman–Crippen LogP) is 3.11. The van der Waals surface area contributed by atoms with Crippen molar-refractivity contribution in [3.8, 4) is 5.75 Å². The van der Waals surface area contributed by atoms with Gasteiger partial charge in [0, 0.05) is 23.4 Å². The molecule has 100 valence electrons. The molecule has 0 radical (unpaired) electrons. The van der Waals surface area contributed by atoms with Gasteiger partial charge in [0.05, 0.1) is 18.5 Å². The molecule has 1 aliphatic carbocycles. The largest absolute Gasteiger partial charge is 0.494 e. The first-order chi connectivity index (χ1) is 8.60. The molecule has 0 bridgehead atoms. The number of hydrogen-bond donors (Lipinski definition) is 2. The Kier molecular flexibility index (Phi) is 3.90. The number of methoxy groups -OCH3 is 1. The van der Waals surface area contributed by atoms with Crippen LogP contribution in [0.5, 0.6) is 5.75 Å². The first kappa shape index (κ1) is 13.3. The van der Waals surface area contributed by atoms with E-state index in [0.29, 0.717) is 10.4 Å². The lowest BCUT2D eigenvalue weighted by Gasteiger charge is -2.40. The third-order valence-corrected chi connectivity index (χ3v) is 5.04. The van der Waals surface area contributed by atoms with Crippen LogP contribution >= 0.6 is 11.8 Å². The first-order valence-corrected chi connectivity index (χ1v) is 7.25. The molecule has 0 saturated heterocycles. The van der Waals surface area contributed by atoms with Gasteiger partial charge < -0.3 is 15.8 Å². The quantitative estimate of drug-likeness (QED) is 0.807.